The van der Waals surface area contributed by atoms with E-state index in [0.717, 1.165) is 0 Å². The van der Waals surface area contributed by atoms with Crippen molar-refractivity contribution in [3.05, 3.63) is 22.2 Å². The summed E-state index contributed by atoms with van der Waals surface area (Å²) >= 11 is 8.73. The first-order valence-corrected chi connectivity index (χ1v) is 5.80. The molecular weight excluding hydrogens is 297 g/mol. The molecule has 4 nitrogen and oxygen atoms in total. The van der Waals surface area contributed by atoms with Crippen molar-refractivity contribution in [2.75, 3.05) is 17.8 Å². The van der Waals surface area contributed by atoms with Crippen LogP contribution < -0.4 is 10.1 Å². The van der Waals surface area contributed by atoms with Crippen LogP contribution in [0, 0.1) is 0 Å². The molecule has 84 valence electrons. The molecule has 6 heteroatoms. The smallest absolute Gasteiger partial charge is 0.262 e. The number of Topliss-reactive ketones (excluding diaryl/α,β-unsaturated/α-hetero) is 1. The predicted octanol–water partition coefficient (Wildman–Crippen LogP) is 2.20. The van der Waals surface area contributed by atoms with Gasteiger partial charge in [0.2, 0.25) is 0 Å². The summed E-state index contributed by atoms with van der Waals surface area (Å²) in [5, 5.41) is 2.65. The Morgan fingerprint density at radius 3 is 3.00 bits per heavy atom. The summed E-state index contributed by atoms with van der Waals surface area (Å²) in [6, 6.07) is 3.20. The molecule has 0 unspecified atom stereocenters. The largest absolute Gasteiger partial charge is 0.482 e. The molecule has 2 rings (SSSR count). The van der Waals surface area contributed by atoms with Gasteiger partial charge in [-0.2, -0.15) is 0 Å². The van der Waals surface area contributed by atoms with Crippen LogP contribution in [0.4, 0.5) is 5.69 Å². The summed E-state index contributed by atoms with van der Waals surface area (Å²) in [6.45, 7) is -0.0386. The Labute approximate surface area is 105 Å². The summed E-state index contributed by atoms with van der Waals surface area (Å²) in [7, 11) is 0. The Bertz CT molecular complexity index is 475. The van der Waals surface area contributed by atoms with E-state index in [1.54, 1.807) is 12.1 Å². The van der Waals surface area contributed by atoms with Gasteiger partial charge in [0.15, 0.2) is 12.4 Å². The monoisotopic (exact) mass is 303 g/mol. The van der Waals surface area contributed by atoms with Gasteiger partial charge in [-0.15, -0.1) is 11.6 Å². The van der Waals surface area contributed by atoms with Gasteiger partial charge in [0.05, 0.1) is 11.6 Å². The van der Waals surface area contributed by atoms with Gasteiger partial charge in [0.25, 0.3) is 5.91 Å². The van der Waals surface area contributed by atoms with Gasteiger partial charge < -0.3 is 10.1 Å². The van der Waals surface area contributed by atoms with Gasteiger partial charge >= 0.3 is 0 Å². The van der Waals surface area contributed by atoms with Crippen LogP contribution in [0.5, 0.6) is 5.75 Å². The zero-order chi connectivity index (χ0) is 11.7. The van der Waals surface area contributed by atoms with E-state index >= 15 is 0 Å². The zero-order valence-corrected chi connectivity index (χ0v) is 10.4. The van der Waals surface area contributed by atoms with Crippen LogP contribution in [0.1, 0.15) is 10.4 Å². The highest BCUT2D eigenvalue weighted by molar-refractivity contribution is 9.10. The Morgan fingerprint density at radius 1 is 1.56 bits per heavy atom. The van der Waals surface area contributed by atoms with Crippen molar-refractivity contribution in [3.8, 4) is 5.75 Å². The first kappa shape index (κ1) is 11.4. The van der Waals surface area contributed by atoms with Crippen molar-refractivity contribution in [1.29, 1.82) is 0 Å². The van der Waals surface area contributed by atoms with E-state index < -0.39 is 0 Å². The lowest BCUT2D eigenvalue weighted by atomic mass is 10.1. The highest BCUT2D eigenvalue weighted by Gasteiger charge is 2.20. The van der Waals surface area contributed by atoms with Gasteiger partial charge in [0.1, 0.15) is 5.75 Å². The Morgan fingerprint density at radius 2 is 2.31 bits per heavy atom. The van der Waals surface area contributed by atoms with Crippen molar-refractivity contribution in [2.45, 2.75) is 0 Å². The van der Waals surface area contributed by atoms with Gasteiger partial charge in [-0.3, -0.25) is 9.59 Å². The molecular formula is C10H7BrClNO3. The van der Waals surface area contributed by atoms with Crippen LogP contribution in [0.25, 0.3) is 0 Å². The van der Waals surface area contributed by atoms with Crippen molar-refractivity contribution >= 4 is 44.9 Å². The fraction of sp³-hybridized carbons (Fsp3) is 0.200. The first-order valence-electron chi connectivity index (χ1n) is 4.47. The number of hydrogen-bond acceptors (Lipinski definition) is 3. The third kappa shape index (κ3) is 2.05. The van der Waals surface area contributed by atoms with Gasteiger partial charge in [0, 0.05) is 10.0 Å². The average Bonchev–Trinajstić information content (AvgIpc) is 2.27. The van der Waals surface area contributed by atoms with Crippen molar-refractivity contribution in [1.82, 2.24) is 0 Å². The quantitative estimate of drug-likeness (QED) is 0.673. The third-order valence-electron chi connectivity index (χ3n) is 2.12. The number of carbonyl (C=O) groups excluding carboxylic acids is 2. The number of amides is 1. The molecule has 0 fully saturated rings. The molecule has 1 aliphatic heterocycles. The Hall–Kier alpha value is -1.07. The molecule has 16 heavy (non-hydrogen) atoms. The minimum absolute atomic E-state index is 0.0386. The standard InChI is InChI=1S/C10H7BrClNO3/c11-6-2-7-9(16-4-10(15)13-7)1-5(6)8(14)3-12/h1-2H,3-4H2,(H,13,15). The van der Waals surface area contributed by atoms with E-state index in [4.69, 9.17) is 16.3 Å². The first-order chi connectivity index (χ1) is 7.61. The number of anilines is 1. The summed E-state index contributed by atoms with van der Waals surface area (Å²) < 4.78 is 5.78. The molecule has 1 N–H and O–H groups in total. The lowest BCUT2D eigenvalue weighted by Gasteiger charge is -2.19. The Balaban J connectivity index is 2.45. The predicted molar refractivity (Wildman–Crippen MR) is 63.3 cm³/mol. The fourth-order valence-electron chi connectivity index (χ4n) is 1.39. The number of hydrogen-bond donors (Lipinski definition) is 1. The number of halogens is 2. The number of nitrogens with one attached hydrogen (secondary N) is 1. The lowest BCUT2D eigenvalue weighted by Crippen LogP contribution is -2.25. The number of carbonyl (C=O) groups is 2. The highest BCUT2D eigenvalue weighted by atomic mass is 79.9. The third-order valence-corrected chi connectivity index (χ3v) is 3.02. The minimum atomic E-state index is -0.212. The second kappa shape index (κ2) is 4.43. The summed E-state index contributed by atoms with van der Waals surface area (Å²) in [4.78, 5) is 22.6. The van der Waals surface area contributed by atoms with E-state index in [1.807, 2.05) is 0 Å². The van der Waals surface area contributed by atoms with Crippen molar-refractivity contribution < 1.29 is 14.3 Å². The second-order valence-corrected chi connectivity index (χ2v) is 4.34. The molecule has 1 heterocycles. The summed E-state index contributed by atoms with van der Waals surface area (Å²) in [6.07, 6.45) is 0. The number of fused-ring (bicyclic) bond motifs is 1. The van der Waals surface area contributed by atoms with Crippen LogP contribution in [0.3, 0.4) is 0 Å². The van der Waals surface area contributed by atoms with Crippen molar-refractivity contribution in [3.63, 3.8) is 0 Å². The minimum Gasteiger partial charge on any atom is -0.482 e. The van der Waals surface area contributed by atoms with E-state index in [0.29, 0.717) is 21.5 Å². The van der Waals surface area contributed by atoms with Crippen LogP contribution in [-0.2, 0) is 4.79 Å². The molecule has 0 aromatic heterocycles. The number of benzene rings is 1. The topological polar surface area (TPSA) is 55.4 Å². The number of ketones is 1. The average molecular weight is 305 g/mol. The molecule has 0 atom stereocenters. The van der Waals surface area contributed by atoms with Crippen LogP contribution in [0.15, 0.2) is 16.6 Å². The fourth-order valence-corrected chi connectivity index (χ4v) is 2.09. The van der Waals surface area contributed by atoms with Crippen LogP contribution in [0.2, 0.25) is 0 Å². The maximum absolute atomic E-state index is 11.5. The normalized spacial score (nSPS) is 13.8. The molecule has 1 amide bonds. The van der Waals surface area contributed by atoms with Gasteiger partial charge in [-0.1, -0.05) is 0 Å². The summed E-state index contributed by atoms with van der Waals surface area (Å²) in [5.41, 5.74) is 0.999. The van der Waals surface area contributed by atoms with E-state index in [-0.39, 0.29) is 24.2 Å². The molecule has 0 saturated heterocycles. The molecule has 0 saturated carbocycles. The van der Waals surface area contributed by atoms with Crippen LogP contribution >= 0.6 is 27.5 Å². The molecule has 1 aromatic rings. The molecule has 0 aliphatic carbocycles. The molecule has 0 spiro atoms. The van der Waals surface area contributed by atoms with Gasteiger partial charge in [-0.05, 0) is 28.1 Å². The highest BCUT2D eigenvalue weighted by Crippen LogP contribution is 2.33. The zero-order valence-electron chi connectivity index (χ0n) is 8.05. The van der Waals surface area contributed by atoms with E-state index in [1.165, 1.54) is 0 Å². The van der Waals surface area contributed by atoms with Crippen LogP contribution in [-0.4, -0.2) is 24.2 Å². The Kier molecular flexibility index (Phi) is 3.16. The SMILES string of the molecule is O=C1COc2cc(C(=O)CCl)c(Br)cc2N1. The molecule has 1 aromatic carbocycles. The molecule has 0 radical (unpaired) electrons. The molecule has 1 aliphatic rings. The second-order valence-electron chi connectivity index (χ2n) is 3.22. The van der Waals surface area contributed by atoms with Gasteiger partial charge in [-0.25, -0.2) is 0 Å². The van der Waals surface area contributed by atoms with E-state index in [9.17, 15) is 9.59 Å². The lowest BCUT2D eigenvalue weighted by molar-refractivity contribution is -0.118. The maximum atomic E-state index is 11.5. The number of alkyl halides is 1. The number of ether oxygens (including phenoxy) is 1. The maximum Gasteiger partial charge on any atom is 0.262 e. The number of rotatable bonds is 2. The van der Waals surface area contributed by atoms with E-state index in [2.05, 4.69) is 21.2 Å². The van der Waals surface area contributed by atoms with Crippen molar-refractivity contribution in [2.24, 2.45) is 0 Å². The summed E-state index contributed by atoms with van der Waals surface area (Å²) in [5.74, 6) is -0.0204. The molecule has 0 bridgehead atoms.